The summed E-state index contributed by atoms with van der Waals surface area (Å²) in [6.07, 6.45) is 3.86. The second-order valence-electron chi connectivity index (χ2n) is 9.01. The Balaban J connectivity index is 1.22. The van der Waals surface area contributed by atoms with E-state index in [1.807, 2.05) is 18.2 Å². The van der Waals surface area contributed by atoms with Crippen molar-refractivity contribution >= 4 is 27.7 Å². The van der Waals surface area contributed by atoms with Crippen molar-refractivity contribution in [1.29, 1.82) is 0 Å². The van der Waals surface area contributed by atoms with Crippen molar-refractivity contribution in [3.8, 4) is 5.75 Å². The van der Waals surface area contributed by atoms with Gasteiger partial charge in [0.1, 0.15) is 11.6 Å². The van der Waals surface area contributed by atoms with Crippen LogP contribution >= 0.6 is 0 Å². The molecule has 5 heteroatoms. The first-order valence-electron chi connectivity index (χ1n) is 12.6. The van der Waals surface area contributed by atoms with Crippen LogP contribution in [0.2, 0.25) is 0 Å². The Morgan fingerprint density at radius 3 is 2.56 bits per heavy atom. The quantitative estimate of drug-likeness (QED) is 0.237. The van der Waals surface area contributed by atoms with Crippen LogP contribution in [-0.4, -0.2) is 29.1 Å². The maximum atomic E-state index is 12.5. The highest BCUT2D eigenvalue weighted by molar-refractivity contribution is 5.96. The van der Waals surface area contributed by atoms with E-state index in [1.165, 1.54) is 21.9 Å². The number of methoxy groups -OCH3 is 1. The number of unbranched alkanes of at least 4 members (excludes halogenated alkanes) is 2. The van der Waals surface area contributed by atoms with Gasteiger partial charge in [-0.05, 0) is 53.4 Å². The lowest BCUT2D eigenvalue weighted by Gasteiger charge is -2.12. The highest BCUT2D eigenvalue weighted by Crippen LogP contribution is 2.24. The van der Waals surface area contributed by atoms with E-state index in [1.54, 1.807) is 19.2 Å². The van der Waals surface area contributed by atoms with E-state index in [2.05, 4.69) is 70.5 Å². The maximum Gasteiger partial charge on any atom is 0.255 e. The molecule has 0 saturated carbocycles. The van der Waals surface area contributed by atoms with Gasteiger partial charge in [0.05, 0.1) is 23.7 Å². The minimum absolute atomic E-state index is 0.0932. The first-order chi connectivity index (χ1) is 17.7. The third-order valence-corrected chi connectivity index (χ3v) is 6.66. The van der Waals surface area contributed by atoms with Crippen molar-refractivity contribution in [2.24, 2.45) is 0 Å². The molecular formula is C31H31N3O2. The molecular weight excluding hydrogens is 446 g/mol. The van der Waals surface area contributed by atoms with E-state index in [9.17, 15) is 4.79 Å². The average Bonchev–Trinajstić information content (AvgIpc) is 3.27. The highest BCUT2D eigenvalue weighted by atomic mass is 16.5. The first kappa shape index (κ1) is 23.6. The number of nitrogens with zero attached hydrogens (tertiary/aromatic N) is 2. The molecule has 0 aliphatic carbocycles. The van der Waals surface area contributed by atoms with Gasteiger partial charge in [-0.3, -0.25) is 4.79 Å². The Labute approximate surface area is 211 Å². The third-order valence-electron chi connectivity index (χ3n) is 6.66. The van der Waals surface area contributed by atoms with Crippen LogP contribution in [0.3, 0.4) is 0 Å². The number of carbonyl (C=O) groups excluding carboxylic acids is 1. The van der Waals surface area contributed by atoms with Gasteiger partial charge in [0, 0.05) is 19.5 Å². The maximum absolute atomic E-state index is 12.5. The van der Waals surface area contributed by atoms with Gasteiger partial charge in [-0.1, -0.05) is 73.2 Å². The van der Waals surface area contributed by atoms with Crippen molar-refractivity contribution in [1.82, 2.24) is 14.9 Å². The number of imidazole rings is 1. The summed E-state index contributed by atoms with van der Waals surface area (Å²) in [5.74, 6) is 1.62. The minimum Gasteiger partial charge on any atom is -0.496 e. The molecule has 5 rings (SSSR count). The van der Waals surface area contributed by atoms with Crippen LogP contribution in [0, 0.1) is 0 Å². The van der Waals surface area contributed by atoms with Crippen LogP contribution in [0.5, 0.6) is 5.75 Å². The zero-order chi connectivity index (χ0) is 24.7. The second-order valence-corrected chi connectivity index (χ2v) is 9.01. The van der Waals surface area contributed by atoms with Crippen molar-refractivity contribution in [3.05, 3.63) is 108 Å². The number of carbonyl (C=O) groups is 1. The van der Waals surface area contributed by atoms with Gasteiger partial charge in [0.15, 0.2) is 0 Å². The molecule has 36 heavy (non-hydrogen) atoms. The monoisotopic (exact) mass is 477 g/mol. The van der Waals surface area contributed by atoms with Gasteiger partial charge >= 0.3 is 0 Å². The van der Waals surface area contributed by atoms with Gasteiger partial charge < -0.3 is 14.6 Å². The predicted octanol–water partition coefficient (Wildman–Crippen LogP) is 6.39. The topological polar surface area (TPSA) is 56.1 Å². The fraction of sp³-hybridized carbons (Fsp3) is 0.226. The summed E-state index contributed by atoms with van der Waals surface area (Å²) in [6, 6.07) is 30.7. The lowest BCUT2D eigenvalue weighted by Crippen LogP contribution is -2.24. The number of fused-ring (bicyclic) bond motifs is 2. The van der Waals surface area contributed by atoms with Crippen molar-refractivity contribution < 1.29 is 9.53 Å². The molecule has 0 fully saturated rings. The molecule has 0 saturated heterocycles. The largest absolute Gasteiger partial charge is 0.496 e. The molecule has 5 nitrogen and oxygen atoms in total. The Morgan fingerprint density at radius 1 is 0.861 bits per heavy atom. The van der Waals surface area contributed by atoms with Gasteiger partial charge in [-0.2, -0.15) is 0 Å². The zero-order valence-electron chi connectivity index (χ0n) is 20.6. The second kappa shape index (κ2) is 11.1. The number of nitrogens with one attached hydrogen (secondary N) is 1. The molecule has 0 atom stereocenters. The summed E-state index contributed by atoms with van der Waals surface area (Å²) in [5.41, 5.74) is 4.08. The molecule has 182 valence electrons. The van der Waals surface area contributed by atoms with Crippen LogP contribution in [-0.2, 0) is 13.0 Å². The number of ether oxygens (including phenoxy) is 1. The number of hydrogen-bond donors (Lipinski definition) is 1. The molecule has 0 spiro atoms. The van der Waals surface area contributed by atoms with E-state index in [-0.39, 0.29) is 5.91 Å². The number of aromatic nitrogens is 2. The van der Waals surface area contributed by atoms with Crippen LogP contribution in [0.4, 0.5) is 0 Å². The standard InChI is InChI=1S/C31H31N3O2/c1-36-29-19-9-6-16-26(29)31(35)32-21-10-2-3-20-30-33-27-17-7-8-18-28(27)34(30)22-24-14-11-13-23-12-4-5-15-25(23)24/h4-9,11-19H,2-3,10,20-22H2,1H3,(H,32,35). The predicted molar refractivity (Wildman–Crippen MR) is 146 cm³/mol. The number of rotatable bonds is 10. The number of aryl methyl sites for hydroxylation is 1. The summed E-state index contributed by atoms with van der Waals surface area (Å²) < 4.78 is 7.65. The minimum atomic E-state index is -0.0932. The lowest BCUT2D eigenvalue weighted by molar-refractivity contribution is 0.0950. The zero-order valence-corrected chi connectivity index (χ0v) is 20.6. The molecule has 0 radical (unpaired) electrons. The van der Waals surface area contributed by atoms with Crippen molar-refractivity contribution in [3.63, 3.8) is 0 Å². The molecule has 1 N–H and O–H groups in total. The van der Waals surface area contributed by atoms with Crippen LogP contribution in [0.1, 0.15) is 41.0 Å². The van der Waals surface area contributed by atoms with E-state index >= 15 is 0 Å². The number of amides is 1. The molecule has 4 aromatic carbocycles. The smallest absolute Gasteiger partial charge is 0.255 e. The third kappa shape index (κ3) is 5.10. The van der Waals surface area contributed by atoms with Crippen LogP contribution in [0.15, 0.2) is 91.0 Å². The Hall–Kier alpha value is -4.12. The molecule has 1 heterocycles. The van der Waals surface area contributed by atoms with Crippen LogP contribution < -0.4 is 10.1 Å². The van der Waals surface area contributed by atoms with E-state index < -0.39 is 0 Å². The SMILES string of the molecule is COc1ccccc1C(=O)NCCCCCc1nc2ccccc2n1Cc1cccc2ccccc12. The fourth-order valence-electron chi connectivity index (χ4n) is 4.81. The number of benzene rings is 4. The van der Waals surface area contributed by atoms with E-state index in [0.717, 1.165) is 43.6 Å². The summed E-state index contributed by atoms with van der Waals surface area (Å²) in [6.45, 7) is 1.44. The summed E-state index contributed by atoms with van der Waals surface area (Å²) in [4.78, 5) is 17.5. The number of para-hydroxylation sites is 3. The Bertz CT molecular complexity index is 1480. The van der Waals surface area contributed by atoms with E-state index in [0.29, 0.717) is 17.9 Å². The molecule has 1 aromatic heterocycles. The number of hydrogen-bond acceptors (Lipinski definition) is 3. The fourth-order valence-corrected chi connectivity index (χ4v) is 4.81. The lowest BCUT2D eigenvalue weighted by atomic mass is 10.0. The van der Waals surface area contributed by atoms with Gasteiger partial charge in [-0.15, -0.1) is 0 Å². The molecule has 1 amide bonds. The average molecular weight is 478 g/mol. The van der Waals surface area contributed by atoms with Gasteiger partial charge in [-0.25, -0.2) is 4.98 Å². The van der Waals surface area contributed by atoms with Gasteiger partial charge in [0.25, 0.3) is 5.91 Å². The molecule has 0 bridgehead atoms. The van der Waals surface area contributed by atoms with Crippen molar-refractivity contribution in [2.75, 3.05) is 13.7 Å². The Morgan fingerprint density at radius 2 is 1.64 bits per heavy atom. The van der Waals surface area contributed by atoms with Crippen molar-refractivity contribution in [2.45, 2.75) is 32.2 Å². The highest BCUT2D eigenvalue weighted by Gasteiger charge is 2.13. The molecule has 0 aliphatic rings. The van der Waals surface area contributed by atoms with E-state index in [4.69, 9.17) is 9.72 Å². The summed E-state index contributed by atoms with van der Waals surface area (Å²) in [5, 5.41) is 5.56. The molecule has 0 unspecified atom stereocenters. The summed E-state index contributed by atoms with van der Waals surface area (Å²) in [7, 11) is 1.58. The molecule has 0 aliphatic heterocycles. The first-order valence-corrected chi connectivity index (χ1v) is 12.6. The summed E-state index contributed by atoms with van der Waals surface area (Å²) >= 11 is 0. The Kier molecular flexibility index (Phi) is 7.27. The van der Waals surface area contributed by atoms with Gasteiger partial charge in [0.2, 0.25) is 0 Å². The molecule has 5 aromatic rings. The van der Waals surface area contributed by atoms with Crippen LogP contribution in [0.25, 0.3) is 21.8 Å². The normalized spacial score (nSPS) is 11.1.